The van der Waals surface area contributed by atoms with Gasteiger partial charge in [-0.15, -0.1) is 0 Å². The van der Waals surface area contributed by atoms with Gasteiger partial charge >= 0.3 is 5.97 Å². The number of hydrogen-bond acceptors (Lipinski definition) is 6. The van der Waals surface area contributed by atoms with Gasteiger partial charge in [0.15, 0.2) is 5.76 Å². The lowest BCUT2D eigenvalue weighted by molar-refractivity contribution is -0.149. The van der Waals surface area contributed by atoms with E-state index < -0.39 is 11.9 Å². The summed E-state index contributed by atoms with van der Waals surface area (Å²) in [5.41, 5.74) is 2.31. The first kappa shape index (κ1) is 17.1. The summed E-state index contributed by atoms with van der Waals surface area (Å²) in [6, 6.07) is 12.8. The number of carbonyl (C=O) groups excluding carboxylic acids is 2. The number of ether oxygens (including phenoxy) is 1. The molecule has 0 spiro atoms. The first-order chi connectivity index (χ1) is 13.1. The molecule has 1 aliphatic heterocycles. The summed E-state index contributed by atoms with van der Waals surface area (Å²) in [6.45, 7) is 2.24. The van der Waals surface area contributed by atoms with Crippen LogP contribution in [0.1, 0.15) is 17.7 Å². The van der Waals surface area contributed by atoms with Gasteiger partial charge in [0.2, 0.25) is 11.7 Å². The maximum atomic E-state index is 12.4. The van der Waals surface area contributed by atoms with Crippen LogP contribution in [0.5, 0.6) is 0 Å². The van der Waals surface area contributed by atoms with Gasteiger partial charge in [-0.1, -0.05) is 23.4 Å². The maximum absolute atomic E-state index is 12.4. The second-order valence-electron chi connectivity index (χ2n) is 6.46. The van der Waals surface area contributed by atoms with E-state index in [1.807, 2.05) is 31.2 Å². The summed E-state index contributed by atoms with van der Waals surface area (Å²) in [7, 11) is 0. The SMILES string of the molecule is Cc1ccccc1N1C[C@@H](C(=O)OCc2cc(-c3ccco3)on2)CC1=O. The fraction of sp³-hybridized carbons (Fsp3) is 0.250. The monoisotopic (exact) mass is 366 g/mol. The third-order valence-electron chi connectivity index (χ3n) is 4.55. The Labute approximate surface area is 155 Å². The lowest BCUT2D eigenvalue weighted by atomic mass is 10.1. The van der Waals surface area contributed by atoms with Gasteiger partial charge in [-0.25, -0.2) is 0 Å². The first-order valence-electron chi connectivity index (χ1n) is 8.64. The molecule has 0 radical (unpaired) electrons. The fourth-order valence-corrected chi connectivity index (χ4v) is 3.14. The zero-order chi connectivity index (χ0) is 18.8. The molecular formula is C20H18N2O5. The molecule has 0 bridgehead atoms. The number of para-hydroxylation sites is 1. The minimum absolute atomic E-state index is 0.0158. The van der Waals surface area contributed by atoms with Crippen LogP contribution in [-0.2, 0) is 20.9 Å². The predicted molar refractivity (Wildman–Crippen MR) is 95.6 cm³/mol. The van der Waals surface area contributed by atoms with E-state index in [-0.39, 0.29) is 18.9 Å². The number of rotatable bonds is 5. The van der Waals surface area contributed by atoms with E-state index in [4.69, 9.17) is 13.7 Å². The average molecular weight is 366 g/mol. The van der Waals surface area contributed by atoms with Crippen molar-refractivity contribution in [1.82, 2.24) is 5.16 Å². The van der Waals surface area contributed by atoms with Crippen LogP contribution in [0, 0.1) is 12.8 Å². The highest BCUT2D eigenvalue weighted by atomic mass is 16.5. The van der Waals surface area contributed by atoms with E-state index in [9.17, 15) is 9.59 Å². The number of nitrogens with zero attached hydrogens (tertiary/aromatic N) is 2. The lowest BCUT2D eigenvalue weighted by Gasteiger charge is -2.18. The number of furan rings is 1. The van der Waals surface area contributed by atoms with E-state index in [0.717, 1.165) is 11.3 Å². The Hall–Kier alpha value is -3.35. The van der Waals surface area contributed by atoms with E-state index in [0.29, 0.717) is 23.8 Å². The van der Waals surface area contributed by atoms with Gasteiger partial charge in [-0.3, -0.25) is 9.59 Å². The van der Waals surface area contributed by atoms with Crippen molar-refractivity contribution in [3.05, 3.63) is 60.0 Å². The van der Waals surface area contributed by atoms with Crippen LogP contribution < -0.4 is 4.90 Å². The molecule has 0 aliphatic carbocycles. The third-order valence-corrected chi connectivity index (χ3v) is 4.55. The molecule has 4 rings (SSSR count). The van der Waals surface area contributed by atoms with E-state index in [1.165, 1.54) is 6.26 Å². The molecule has 138 valence electrons. The summed E-state index contributed by atoms with van der Waals surface area (Å²) in [5.74, 6) is 0.0338. The Morgan fingerprint density at radius 2 is 2.11 bits per heavy atom. The van der Waals surface area contributed by atoms with Crippen molar-refractivity contribution in [2.75, 3.05) is 11.4 Å². The number of aromatic nitrogens is 1. The van der Waals surface area contributed by atoms with Crippen LogP contribution in [0.25, 0.3) is 11.5 Å². The molecule has 0 unspecified atom stereocenters. The van der Waals surface area contributed by atoms with Crippen molar-refractivity contribution in [2.24, 2.45) is 5.92 Å². The number of carbonyl (C=O) groups is 2. The van der Waals surface area contributed by atoms with Gasteiger partial charge in [0.1, 0.15) is 12.3 Å². The molecule has 1 saturated heterocycles. The van der Waals surface area contributed by atoms with Crippen molar-refractivity contribution in [1.29, 1.82) is 0 Å². The molecule has 0 N–H and O–H groups in total. The molecule has 7 heteroatoms. The van der Waals surface area contributed by atoms with E-state index in [2.05, 4.69) is 5.16 Å². The number of hydrogen-bond donors (Lipinski definition) is 0. The number of aryl methyl sites for hydroxylation is 1. The summed E-state index contributed by atoms with van der Waals surface area (Å²) >= 11 is 0. The first-order valence-corrected chi connectivity index (χ1v) is 8.64. The lowest BCUT2D eigenvalue weighted by Crippen LogP contribution is -2.27. The second kappa shape index (κ2) is 7.11. The maximum Gasteiger partial charge on any atom is 0.311 e. The van der Waals surface area contributed by atoms with Crippen molar-refractivity contribution < 1.29 is 23.3 Å². The van der Waals surface area contributed by atoms with Gasteiger partial charge < -0.3 is 18.6 Å². The van der Waals surface area contributed by atoms with Crippen molar-refractivity contribution in [2.45, 2.75) is 20.0 Å². The van der Waals surface area contributed by atoms with Crippen LogP contribution in [0.4, 0.5) is 5.69 Å². The summed E-state index contributed by atoms with van der Waals surface area (Å²) in [6.07, 6.45) is 1.68. The average Bonchev–Trinajstić information content (AvgIpc) is 3.40. The zero-order valence-electron chi connectivity index (χ0n) is 14.8. The van der Waals surface area contributed by atoms with Crippen LogP contribution in [0.3, 0.4) is 0 Å². The zero-order valence-corrected chi connectivity index (χ0v) is 14.8. The van der Waals surface area contributed by atoms with Gasteiger partial charge in [-0.2, -0.15) is 0 Å². The Balaban J connectivity index is 1.37. The van der Waals surface area contributed by atoms with Crippen LogP contribution >= 0.6 is 0 Å². The quantitative estimate of drug-likeness (QED) is 0.644. The Morgan fingerprint density at radius 1 is 1.26 bits per heavy atom. The fourth-order valence-electron chi connectivity index (χ4n) is 3.14. The second-order valence-corrected chi connectivity index (χ2v) is 6.46. The molecule has 3 aromatic rings. The minimum Gasteiger partial charge on any atom is -0.461 e. The Kier molecular flexibility index (Phi) is 4.50. The molecule has 1 amide bonds. The molecule has 1 fully saturated rings. The minimum atomic E-state index is -0.492. The molecule has 27 heavy (non-hydrogen) atoms. The molecule has 3 heterocycles. The van der Waals surface area contributed by atoms with Gasteiger partial charge in [0.05, 0.1) is 12.2 Å². The highest BCUT2D eigenvalue weighted by Gasteiger charge is 2.36. The largest absolute Gasteiger partial charge is 0.461 e. The number of esters is 1. The molecular weight excluding hydrogens is 348 g/mol. The molecule has 0 saturated carbocycles. The van der Waals surface area contributed by atoms with Gasteiger partial charge in [0, 0.05) is 24.7 Å². The van der Waals surface area contributed by atoms with Crippen molar-refractivity contribution in [3.8, 4) is 11.5 Å². The molecule has 1 aromatic carbocycles. The van der Waals surface area contributed by atoms with Crippen LogP contribution in [-0.4, -0.2) is 23.6 Å². The predicted octanol–water partition coefficient (Wildman–Crippen LogP) is 3.34. The smallest absolute Gasteiger partial charge is 0.311 e. The normalized spacial score (nSPS) is 16.7. The van der Waals surface area contributed by atoms with Crippen LogP contribution in [0.15, 0.2) is 57.7 Å². The molecule has 1 atom stereocenters. The number of amides is 1. The van der Waals surface area contributed by atoms with Gasteiger partial charge in [0.25, 0.3) is 0 Å². The summed E-state index contributed by atoms with van der Waals surface area (Å²) < 4.78 is 15.7. The highest BCUT2D eigenvalue weighted by Crippen LogP contribution is 2.28. The Morgan fingerprint density at radius 3 is 2.89 bits per heavy atom. The van der Waals surface area contributed by atoms with E-state index in [1.54, 1.807) is 23.1 Å². The van der Waals surface area contributed by atoms with E-state index >= 15 is 0 Å². The number of benzene rings is 1. The van der Waals surface area contributed by atoms with Crippen molar-refractivity contribution >= 4 is 17.6 Å². The summed E-state index contributed by atoms with van der Waals surface area (Å²) in [5, 5.41) is 3.87. The molecule has 1 aliphatic rings. The standard InChI is InChI=1S/C20H18N2O5/c1-13-5-2-3-6-16(13)22-11-14(9-19(22)23)20(24)26-12-15-10-18(27-21-15)17-7-4-8-25-17/h2-8,10,14H,9,11-12H2,1H3/t14-/m0/s1. The Bertz CT molecular complexity index is 960. The van der Waals surface area contributed by atoms with Crippen molar-refractivity contribution in [3.63, 3.8) is 0 Å². The van der Waals surface area contributed by atoms with Gasteiger partial charge in [-0.05, 0) is 30.7 Å². The third kappa shape index (κ3) is 3.48. The topological polar surface area (TPSA) is 85.8 Å². The highest BCUT2D eigenvalue weighted by molar-refractivity contribution is 6.00. The van der Waals surface area contributed by atoms with Crippen LogP contribution in [0.2, 0.25) is 0 Å². The summed E-state index contributed by atoms with van der Waals surface area (Å²) in [4.78, 5) is 26.4. The number of anilines is 1. The molecule has 2 aromatic heterocycles. The molecule has 7 nitrogen and oxygen atoms in total.